The summed E-state index contributed by atoms with van der Waals surface area (Å²) in [5.41, 5.74) is 2.43. The number of nitrogens with one attached hydrogen (secondary N) is 1. The van der Waals surface area contributed by atoms with Crippen LogP contribution >= 0.6 is 0 Å². The molecule has 26 heavy (non-hydrogen) atoms. The summed E-state index contributed by atoms with van der Waals surface area (Å²) in [4.78, 5) is 27.4. The summed E-state index contributed by atoms with van der Waals surface area (Å²) in [6.45, 7) is 3.53. The molecule has 0 fully saturated rings. The third kappa shape index (κ3) is 3.53. The second-order valence-corrected chi connectivity index (χ2v) is 6.09. The molecule has 0 saturated carbocycles. The molecule has 8 heteroatoms. The van der Waals surface area contributed by atoms with Crippen LogP contribution in [0.15, 0.2) is 36.5 Å². The van der Waals surface area contributed by atoms with Crippen LogP contribution in [0.5, 0.6) is 0 Å². The van der Waals surface area contributed by atoms with Crippen molar-refractivity contribution in [1.82, 2.24) is 25.3 Å². The molecule has 0 aliphatic rings. The SMILES string of the molecule is Cc1c(C(=O)NC(C)CCC(=O)O)nnn1-c1cccc2ncccc12. The van der Waals surface area contributed by atoms with E-state index in [1.807, 2.05) is 30.3 Å². The summed E-state index contributed by atoms with van der Waals surface area (Å²) in [7, 11) is 0. The molecule has 0 aliphatic heterocycles. The van der Waals surface area contributed by atoms with E-state index in [0.717, 1.165) is 16.6 Å². The quantitative estimate of drug-likeness (QED) is 0.702. The van der Waals surface area contributed by atoms with Crippen LogP contribution in [0.2, 0.25) is 0 Å². The number of amides is 1. The molecule has 3 aromatic rings. The molecule has 2 N–H and O–H groups in total. The number of hydrogen-bond acceptors (Lipinski definition) is 5. The highest BCUT2D eigenvalue weighted by molar-refractivity contribution is 5.94. The van der Waals surface area contributed by atoms with Gasteiger partial charge in [0.1, 0.15) is 0 Å². The Labute approximate surface area is 149 Å². The van der Waals surface area contributed by atoms with Crippen molar-refractivity contribution in [3.05, 3.63) is 47.9 Å². The van der Waals surface area contributed by atoms with Gasteiger partial charge in [-0.2, -0.15) is 0 Å². The van der Waals surface area contributed by atoms with Gasteiger partial charge in [-0.05, 0) is 44.5 Å². The van der Waals surface area contributed by atoms with Gasteiger partial charge in [0.25, 0.3) is 5.91 Å². The highest BCUT2D eigenvalue weighted by atomic mass is 16.4. The maximum absolute atomic E-state index is 12.4. The standard InChI is InChI=1S/C18H19N5O3/c1-11(8-9-16(24)25)20-18(26)17-12(2)23(22-21-17)15-7-3-6-14-13(15)5-4-10-19-14/h3-7,10-11H,8-9H2,1-2H3,(H,20,26)(H,24,25). The zero-order valence-corrected chi connectivity index (χ0v) is 14.5. The summed E-state index contributed by atoms with van der Waals surface area (Å²) >= 11 is 0. The third-order valence-corrected chi connectivity index (χ3v) is 4.13. The van der Waals surface area contributed by atoms with E-state index in [-0.39, 0.29) is 24.1 Å². The molecular weight excluding hydrogens is 334 g/mol. The maximum atomic E-state index is 12.4. The Hall–Kier alpha value is -3.29. The summed E-state index contributed by atoms with van der Waals surface area (Å²) in [5, 5.41) is 20.5. The van der Waals surface area contributed by atoms with Crippen molar-refractivity contribution in [1.29, 1.82) is 0 Å². The van der Waals surface area contributed by atoms with Gasteiger partial charge in [-0.25, -0.2) is 4.68 Å². The Bertz CT molecular complexity index is 961. The smallest absolute Gasteiger partial charge is 0.303 e. The first-order chi connectivity index (χ1) is 12.5. The van der Waals surface area contributed by atoms with Crippen molar-refractivity contribution < 1.29 is 14.7 Å². The minimum atomic E-state index is -0.891. The van der Waals surface area contributed by atoms with Crippen LogP contribution in [0, 0.1) is 6.92 Å². The number of fused-ring (bicyclic) bond motifs is 1. The molecule has 3 rings (SSSR count). The number of carbonyl (C=O) groups is 2. The van der Waals surface area contributed by atoms with Gasteiger partial charge in [-0.1, -0.05) is 11.3 Å². The number of aliphatic carboxylic acids is 1. The predicted molar refractivity (Wildman–Crippen MR) is 95.2 cm³/mol. The average molecular weight is 353 g/mol. The molecule has 2 heterocycles. The maximum Gasteiger partial charge on any atom is 0.303 e. The van der Waals surface area contributed by atoms with E-state index in [9.17, 15) is 9.59 Å². The van der Waals surface area contributed by atoms with Gasteiger partial charge in [0.2, 0.25) is 0 Å². The van der Waals surface area contributed by atoms with Crippen LogP contribution < -0.4 is 5.32 Å². The number of carboxylic acids is 1. The first-order valence-corrected chi connectivity index (χ1v) is 8.26. The van der Waals surface area contributed by atoms with E-state index >= 15 is 0 Å². The van der Waals surface area contributed by atoms with Crippen molar-refractivity contribution in [3.63, 3.8) is 0 Å². The molecule has 0 radical (unpaired) electrons. The van der Waals surface area contributed by atoms with Crippen LogP contribution in [-0.4, -0.2) is 43.0 Å². The van der Waals surface area contributed by atoms with Gasteiger partial charge in [-0.15, -0.1) is 5.10 Å². The first kappa shape index (κ1) is 17.5. The summed E-state index contributed by atoms with van der Waals surface area (Å²) in [5.74, 6) is -1.26. The molecule has 1 atom stereocenters. The molecular formula is C18H19N5O3. The zero-order valence-electron chi connectivity index (χ0n) is 14.5. The number of nitrogens with zero attached hydrogens (tertiary/aromatic N) is 4. The number of rotatable bonds is 6. The highest BCUT2D eigenvalue weighted by Gasteiger charge is 2.20. The van der Waals surface area contributed by atoms with Crippen molar-refractivity contribution in [2.24, 2.45) is 0 Å². The largest absolute Gasteiger partial charge is 0.481 e. The summed E-state index contributed by atoms with van der Waals surface area (Å²) in [6, 6.07) is 9.18. The number of carboxylic acid groups (broad SMARTS) is 1. The number of pyridine rings is 1. The molecule has 0 aliphatic carbocycles. The van der Waals surface area contributed by atoms with E-state index in [0.29, 0.717) is 12.1 Å². The molecule has 134 valence electrons. The molecule has 0 saturated heterocycles. The zero-order chi connectivity index (χ0) is 18.7. The molecule has 0 bridgehead atoms. The molecule has 1 unspecified atom stereocenters. The van der Waals surface area contributed by atoms with Crippen LogP contribution in [0.25, 0.3) is 16.6 Å². The van der Waals surface area contributed by atoms with Crippen molar-refractivity contribution in [3.8, 4) is 5.69 Å². The lowest BCUT2D eigenvalue weighted by Crippen LogP contribution is -2.33. The molecule has 2 aromatic heterocycles. The van der Waals surface area contributed by atoms with Gasteiger partial charge in [0.05, 0.1) is 16.9 Å². The molecule has 1 aromatic carbocycles. The van der Waals surface area contributed by atoms with Crippen LogP contribution in [0.4, 0.5) is 0 Å². The normalized spacial score (nSPS) is 12.1. The Morgan fingerprint density at radius 2 is 2.08 bits per heavy atom. The molecule has 8 nitrogen and oxygen atoms in total. The van der Waals surface area contributed by atoms with Crippen LogP contribution in [-0.2, 0) is 4.79 Å². The van der Waals surface area contributed by atoms with Gasteiger partial charge in [-0.3, -0.25) is 14.6 Å². The average Bonchev–Trinajstić information content (AvgIpc) is 3.01. The lowest BCUT2D eigenvalue weighted by atomic mass is 10.1. The minimum Gasteiger partial charge on any atom is -0.481 e. The van der Waals surface area contributed by atoms with Gasteiger partial charge in [0.15, 0.2) is 5.69 Å². The Morgan fingerprint density at radius 3 is 2.85 bits per heavy atom. The number of carbonyl (C=O) groups excluding carboxylic acids is 1. The summed E-state index contributed by atoms with van der Waals surface area (Å²) in [6.07, 6.45) is 2.07. The van der Waals surface area contributed by atoms with E-state index in [1.165, 1.54) is 0 Å². The van der Waals surface area contributed by atoms with E-state index in [1.54, 1.807) is 24.7 Å². The van der Waals surface area contributed by atoms with Gasteiger partial charge in [0, 0.05) is 24.0 Å². The Morgan fingerprint density at radius 1 is 1.27 bits per heavy atom. The lowest BCUT2D eigenvalue weighted by molar-refractivity contribution is -0.137. The molecule has 1 amide bonds. The van der Waals surface area contributed by atoms with Gasteiger partial charge >= 0.3 is 5.97 Å². The van der Waals surface area contributed by atoms with Crippen LogP contribution in [0.1, 0.15) is 35.9 Å². The number of benzene rings is 1. The topological polar surface area (TPSA) is 110 Å². The van der Waals surface area contributed by atoms with Gasteiger partial charge < -0.3 is 10.4 Å². The summed E-state index contributed by atoms with van der Waals surface area (Å²) < 4.78 is 1.61. The fourth-order valence-corrected chi connectivity index (χ4v) is 2.74. The Kier molecular flexibility index (Phi) is 4.92. The lowest BCUT2D eigenvalue weighted by Gasteiger charge is -2.12. The van der Waals surface area contributed by atoms with Crippen molar-refractivity contribution in [2.75, 3.05) is 0 Å². The number of hydrogen-bond donors (Lipinski definition) is 2. The molecule has 0 spiro atoms. The van der Waals surface area contributed by atoms with E-state index < -0.39 is 5.97 Å². The minimum absolute atomic E-state index is 0.00385. The second-order valence-electron chi connectivity index (χ2n) is 6.09. The van der Waals surface area contributed by atoms with Crippen molar-refractivity contribution >= 4 is 22.8 Å². The predicted octanol–water partition coefficient (Wildman–Crippen LogP) is 2.11. The first-order valence-electron chi connectivity index (χ1n) is 8.26. The van der Waals surface area contributed by atoms with E-state index in [4.69, 9.17) is 5.11 Å². The van der Waals surface area contributed by atoms with Crippen LogP contribution in [0.3, 0.4) is 0 Å². The fraction of sp³-hybridized carbons (Fsp3) is 0.278. The Balaban J connectivity index is 1.86. The van der Waals surface area contributed by atoms with E-state index in [2.05, 4.69) is 20.6 Å². The number of aromatic nitrogens is 4. The second kappa shape index (κ2) is 7.30. The van der Waals surface area contributed by atoms with Crippen molar-refractivity contribution in [2.45, 2.75) is 32.7 Å². The third-order valence-electron chi connectivity index (χ3n) is 4.13. The highest BCUT2D eigenvalue weighted by Crippen LogP contribution is 2.21. The fourth-order valence-electron chi connectivity index (χ4n) is 2.74. The monoisotopic (exact) mass is 353 g/mol.